The first-order chi connectivity index (χ1) is 13.1. The molecule has 0 bridgehead atoms. The number of alkyl halides is 6. The van der Waals surface area contributed by atoms with Gasteiger partial charge >= 0.3 is 12.4 Å². The number of thiazole rings is 2. The summed E-state index contributed by atoms with van der Waals surface area (Å²) in [4.78, 5) is 16.0. The van der Waals surface area contributed by atoms with E-state index in [2.05, 4.69) is 19.9 Å². The largest absolute Gasteiger partial charge is 0.433 e. The van der Waals surface area contributed by atoms with Crippen LogP contribution in [0.4, 0.5) is 26.3 Å². The van der Waals surface area contributed by atoms with Gasteiger partial charge in [-0.15, -0.1) is 0 Å². The summed E-state index contributed by atoms with van der Waals surface area (Å²) in [7, 11) is 0. The number of fused-ring (bicyclic) bond motifs is 1. The van der Waals surface area contributed by atoms with Crippen LogP contribution in [0.5, 0.6) is 0 Å². The van der Waals surface area contributed by atoms with Gasteiger partial charge in [0, 0.05) is 23.5 Å². The molecule has 4 nitrogen and oxygen atoms in total. The van der Waals surface area contributed by atoms with E-state index in [-0.39, 0.29) is 11.1 Å². The van der Waals surface area contributed by atoms with Crippen LogP contribution in [-0.4, -0.2) is 19.9 Å². The molecule has 0 fully saturated rings. The first kappa shape index (κ1) is 18.7. The summed E-state index contributed by atoms with van der Waals surface area (Å²) in [5, 5.41) is 0.637. The van der Waals surface area contributed by atoms with E-state index in [0.717, 1.165) is 47.2 Å². The minimum absolute atomic E-state index is 0.238. The molecule has 144 valence electrons. The highest BCUT2D eigenvalue weighted by Gasteiger charge is 2.33. The molecule has 4 rings (SSSR count). The highest BCUT2D eigenvalue weighted by Crippen LogP contribution is 2.38. The molecule has 0 aliphatic rings. The van der Waals surface area contributed by atoms with Gasteiger partial charge in [0.25, 0.3) is 0 Å². The number of halogens is 6. The molecule has 0 spiro atoms. The Morgan fingerprint density at radius 2 is 1.04 bits per heavy atom. The van der Waals surface area contributed by atoms with Crippen molar-refractivity contribution in [3.05, 3.63) is 48.0 Å². The Morgan fingerprint density at radius 3 is 1.39 bits per heavy atom. The normalized spacial score (nSPS) is 12.6. The molecule has 0 aromatic carbocycles. The van der Waals surface area contributed by atoms with Gasteiger partial charge in [0.05, 0.1) is 0 Å². The van der Waals surface area contributed by atoms with E-state index in [4.69, 9.17) is 0 Å². The molecule has 4 aromatic heterocycles. The van der Waals surface area contributed by atoms with Crippen LogP contribution in [0.1, 0.15) is 11.4 Å². The fourth-order valence-electron chi connectivity index (χ4n) is 2.33. The third-order valence-electron chi connectivity index (χ3n) is 3.57. The molecule has 0 amide bonds. The van der Waals surface area contributed by atoms with Crippen LogP contribution in [0.3, 0.4) is 0 Å². The van der Waals surface area contributed by atoms with Crippen molar-refractivity contribution >= 4 is 32.3 Å². The first-order valence-corrected chi connectivity index (χ1v) is 9.09. The second-order valence-corrected chi connectivity index (χ2v) is 7.46. The summed E-state index contributed by atoms with van der Waals surface area (Å²) in [6.45, 7) is 0. The number of rotatable bonds is 2. The molecule has 0 unspecified atom stereocenters. The van der Waals surface area contributed by atoms with E-state index in [1.807, 2.05) is 0 Å². The minimum Gasteiger partial charge on any atom is -0.252 e. The molecule has 0 radical (unpaired) electrons. The molecule has 0 atom stereocenters. The lowest BCUT2D eigenvalue weighted by molar-refractivity contribution is -0.141. The van der Waals surface area contributed by atoms with Gasteiger partial charge in [0.15, 0.2) is 9.66 Å². The summed E-state index contributed by atoms with van der Waals surface area (Å²) in [6.07, 6.45) is -7.06. The van der Waals surface area contributed by atoms with Gasteiger partial charge in [-0.05, 0) is 24.3 Å². The fourth-order valence-corrected chi connectivity index (χ4v) is 4.36. The Labute approximate surface area is 160 Å². The van der Waals surface area contributed by atoms with Gasteiger partial charge in [-0.1, -0.05) is 22.7 Å². The number of nitrogens with zero attached hydrogens (tertiary/aromatic N) is 4. The molecule has 28 heavy (non-hydrogen) atoms. The SMILES string of the molecule is FC(F)(F)c1cc(-c2nc3sc(-c4ccnc(C(F)(F)F)c4)nc3s2)ccn1. The number of aromatic nitrogens is 4. The van der Waals surface area contributed by atoms with Crippen molar-refractivity contribution in [2.75, 3.05) is 0 Å². The molecule has 0 saturated heterocycles. The quantitative estimate of drug-likeness (QED) is 0.369. The Hall–Kier alpha value is -2.60. The molecule has 4 aromatic rings. The summed E-state index contributed by atoms with van der Waals surface area (Å²) in [5.74, 6) is 0. The molecule has 4 heterocycles. The van der Waals surface area contributed by atoms with Crippen molar-refractivity contribution in [1.29, 1.82) is 0 Å². The average molecular weight is 432 g/mol. The predicted octanol–water partition coefficient (Wildman–Crippen LogP) is 5.91. The monoisotopic (exact) mass is 432 g/mol. The lowest BCUT2D eigenvalue weighted by Gasteiger charge is -2.06. The Kier molecular flexibility index (Phi) is 4.34. The second kappa shape index (κ2) is 6.48. The van der Waals surface area contributed by atoms with Crippen molar-refractivity contribution in [1.82, 2.24) is 19.9 Å². The van der Waals surface area contributed by atoms with E-state index >= 15 is 0 Å². The lowest BCUT2D eigenvalue weighted by atomic mass is 10.2. The van der Waals surface area contributed by atoms with Gasteiger partial charge in [-0.3, -0.25) is 9.97 Å². The molecule has 0 aliphatic carbocycles. The third-order valence-corrected chi connectivity index (χ3v) is 5.70. The maximum Gasteiger partial charge on any atom is 0.433 e. The summed E-state index contributed by atoms with van der Waals surface area (Å²) < 4.78 is 76.9. The molecular weight excluding hydrogens is 426 g/mol. The Bertz CT molecular complexity index is 1040. The third kappa shape index (κ3) is 3.56. The van der Waals surface area contributed by atoms with Gasteiger partial charge < -0.3 is 0 Å². The van der Waals surface area contributed by atoms with Gasteiger partial charge in [-0.25, -0.2) is 9.97 Å². The molecule has 12 heteroatoms. The number of pyridine rings is 2. The topological polar surface area (TPSA) is 51.6 Å². The van der Waals surface area contributed by atoms with Crippen molar-refractivity contribution in [2.45, 2.75) is 12.4 Å². The van der Waals surface area contributed by atoms with Crippen LogP contribution in [-0.2, 0) is 12.4 Å². The van der Waals surface area contributed by atoms with Crippen molar-refractivity contribution < 1.29 is 26.3 Å². The van der Waals surface area contributed by atoms with Gasteiger partial charge in [0.2, 0.25) is 0 Å². The van der Waals surface area contributed by atoms with E-state index in [1.54, 1.807) is 0 Å². The smallest absolute Gasteiger partial charge is 0.252 e. The number of hydrogen-bond acceptors (Lipinski definition) is 6. The maximum atomic E-state index is 12.8. The fraction of sp³-hybridized carbons (Fsp3) is 0.125. The van der Waals surface area contributed by atoms with Crippen LogP contribution in [0.25, 0.3) is 30.8 Å². The van der Waals surface area contributed by atoms with Crippen LogP contribution in [0, 0.1) is 0 Å². The van der Waals surface area contributed by atoms with Crippen molar-refractivity contribution in [2.24, 2.45) is 0 Å². The predicted molar refractivity (Wildman–Crippen MR) is 91.8 cm³/mol. The molecule has 0 saturated carbocycles. The minimum atomic E-state index is -4.58. The summed E-state index contributed by atoms with van der Waals surface area (Å²) in [5.41, 5.74) is -1.59. The number of hydrogen-bond donors (Lipinski definition) is 0. The zero-order chi connectivity index (χ0) is 20.1. The zero-order valence-corrected chi connectivity index (χ0v) is 15.0. The van der Waals surface area contributed by atoms with E-state index in [0.29, 0.717) is 19.7 Å². The first-order valence-electron chi connectivity index (χ1n) is 7.46. The van der Waals surface area contributed by atoms with Crippen LogP contribution < -0.4 is 0 Å². The van der Waals surface area contributed by atoms with E-state index in [9.17, 15) is 26.3 Å². The zero-order valence-electron chi connectivity index (χ0n) is 13.3. The van der Waals surface area contributed by atoms with Gasteiger partial charge in [0.1, 0.15) is 21.4 Å². The van der Waals surface area contributed by atoms with Crippen LogP contribution in [0.2, 0.25) is 0 Å². The van der Waals surface area contributed by atoms with E-state index < -0.39 is 23.7 Å². The molecule has 0 aliphatic heterocycles. The standard InChI is InChI=1S/C16H6F6N4S2/c17-15(18,19)9-5-7(1-3-23-9)11-25-13-14(27-11)26-12(28-13)8-2-4-24-10(6-8)16(20,21)22/h1-6H. The van der Waals surface area contributed by atoms with Crippen LogP contribution in [0.15, 0.2) is 36.7 Å². The van der Waals surface area contributed by atoms with Gasteiger partial charge in [-0.2, -0.15) is 26.3 Å². The highest BCUT2D eigenvalue weighted by atomic mass is 32.1. The summed E-state index contributed by atoms with van der Waals surface area (Å²) >= 11 is 2.10. The maximum absolute atomic E-state index is 12.8. The molecule has 0 N–H and O–H groups in total. The van der Waals surface area contributed by atoms with E-state index in [1.165, 1.54) is 12.1 Å². The Balaban J connectivity index is 1.70. The lowest BCUT2D eigenvalue weighted by Crippen LogP contribution is -2.07. The second-order valence-electron chi connectivity index (χ2n) is 5.50. The summed E-state index contributed by atoms with van der Waals surface area (Å²) in [6, 6.07) is 4.58. The van der Waals surface area contributed by atoms with Crippen molar-refractivity contribution in [3.63, 3.8) is 0 Å². The molecular formula is C16H6F6N4S2. The highest BCUT2D eigenvalue weighted by molar-refractivity contribution is 7.29. The van der Waals surface area contributed by atoms with Crippen molar-refractivity contribution in [3.8, 4) is 21.1 Å². The Morgan fingerprint density at radius 1 is 0.643 bits per heavy atom. The average Bonchev–Trinajstić information content (AvgIpc) is 3.20. The van der Waals surface area contributed by atoms with Crippen LogP contribution >= 0.6 is 22.7 Å².